The zero-order valence-corrected chi connectivity index (χ0v) is 53.7. The summed E-state index contributed by atoms with van der Waals surface area (Å²) in [5.41, 5.74) is 17.2. The van der Waals surface area contributed by atoms with E-state index in [1.165, 1.54) is 72.1 Å². The molecular formula is C57H84N14O18S3. The minimum atomic E-state index is -1.96. The number of carbonyl (C=O) groups is 13. The number of rotatable bonds is 39. The summed E-state index contributed by atoms with van der Waals surface area (Å²) in [4.78, 5) is 180. The van der Waals surface area contributed by atoms with E-state index in [9.17, 15) is 87.9 Å². The smallest absolute Gasteiger partial charge is 0.327 e. The van der Waals surface area contributed by atoms with Gasteiger partial charge in [0.15, 0.2) is 5.96 Å². The van der Waals surface area contributed by atoms with Crippen molar-refractivity contribution in [3.63, 3.8) is 0 Å². The van der Waals surface area contributed by atoms with E-state index in [0.29, 0.717) is 16.9 Å². The highest BCUT2D eigenvalue weighted by molar-refractivity contribution is 7.98. The first-order chi connectivity index (χ1) is 43.4. The molecule has 20 N–H and O–H groups in total. The van der Waals surface area contributed by atoms with Gasteiger partial charge in [-0.2, -0.15) is 37.0 Å². The Morgan fingerprint density at radius 1 is 0.587 bits per heavy atom. The molecule has 35 heteroatoms. The van der Waals surface area contributed by atoms with Gasteiger partial charge >= 0.3 is 17.9 Å². The second-order valence-electron chi connectivity index (χ2n) is 21.9. The van der Waals surface area contributed by atoms with Crippen LogP contribution in [0.3, 0.4) is 0 Å². The van der Waals surface area contributed by atoms with Crippen molar-refractivity contribution in [3.8, 4) is 11.5 Å². The fourth-order valence-electron chi connectivity index (χ4n) is 9.18. The number of carbonyl (C=O) groups excluding carboxylic acids is 10. The predicted octanol–water partition coefficient (Wildman–Crippen LogP) is -3.67. The van der Waals surface area contributed by atoms with E-state index in [4.69, 9.17) is 17.2 Å². The number of aromatic hydroxyl groups is 2. The van der Waals surface area contributed by atoms with Gasteiger partial charge in [-0.15, -0.1) is 0 Å². The van der Waals surface area contributed by atoms with Crippen LogP contribution in [0.25, 0.3) is 0 Å². The molecular weight excluding hydrogens is 1260 g/mol. The molecule has 3 rings (SSSR count). The lowest BCUT2D eigenvalue weighted by Gasteiger charge is -2.32. The Bertz CT molecular complexity index is 2940. The molecule has 1 aliphatic rings. The first-order valence-electron chi connectivity index (χ1n) is 29.2. The number of nitrogens with two attached hydrogens (primary N) is 3. The Kier molecular flexibility index (Phi) is 32.9. The number of carboxylic acid groups (broad SMARTS) is 3. The summed E-state index contributed by atoms with van der Waals surface area (Å²) in [5, 5.41) is 71.2. The molecule has 0 aromatic heterocycles. The number of guanidine groups is 1. The third-order valence-corrected chi connectivity index (χ3v) is 15.7. The zero-order valence-electron chi connectivity index (χ0n) is 51.1. The molecule has 10 amide bonds. The van der Waals surface area contributed by atoms with Crippen LogP contribution < -0.4 is 65.1 Å². The number of carboxylic acids is 3. The lowest BCUT2D eigenvalue weighted by atomic mass is 10.00. The van der Waals surface area contributed by atoms with Gasteiger partial charge in [-0.05, 0) is 98.8 Å². The van der Waals surface area contributed by atoms with Gasteiger partial charge < -0.3 is 95.5 Å². The Morgan fingerprint density at radius 2 is 1.05 bits per heavy atom. The van der Waals surface area contributed by atoms with Gasteiger partial charge in [0.2, 0.25) is 59.1 Å². The highest BCUT2D eigenvalue weighted by atomic mass is 32.2. The van der Waals surface area contributed by atoms with Crippen molar-refractivity contribution >= 4 is 120 Å². The topological polar surface area (TPSA) is 525 Å². The minimum absolute atomic E-state index is 0.0131. The molecule has 1 aliphatic heterocycles. The number of amides is 10. The molecule has 11 atom stereocenters. The van der Waals surface area contributed by atoms with E-state index in [1.807, 2.05) is 0 Å². The highest BCUT2D eigenvalue weighted by Crippen LogP contribution is 2.22. The minimum Gasteiger partial charge on any atom is -0.508 e. The molecule has 2 aromatic rings. The monoisotopic (exact) mass is 1350 g/mol. The molecule has 0 bridgehead atoms. The van der Waals surface area contributed by atoms with Crippen LogP contribution in [-0.2, 0) is 75.2 Å². The zero-order chi connectivity index (χ0) is 68.9. The summed E-state index contributed by atoms with van der Waals surface area (Å²) in [6.07, 6.45) is -0.619. The van der Waals surface area contributed by atoms with Gasteiger partial charge in [0, 0.05) is 43.9 Å². The number of thiol groups is 2. The molecule has 92 heavy (non-hydrogen) atoms. The quantitative estimate of drug-likeness (QED) is 0.0133. The maximum absolute atomic E-state index is 14.6. The number of phenolic OH excluding ortho intramolecular Hbond substituents is 2. The van der Waals surface area contributed by atoms with Crippen molar-refractivity contribution in [2.75, 3.05) is 36.6 Å². The number of likely N-dealkylation sites (tertiary alicyclic amines) is 1. The van der Waals surface area contributed by atoms with Crippen LogP contribution in [0.5, 0.6) is 11.5 Å². The molecule has 1 heterocycles. The number of nitrogens with zero attached hydrogens (tertiary/aromatic N) is 2. The van der Waals surface area contributed by atoms with E-state index in [2.05, 4.69) is 78.1 Å². The number of phenols is 2. The summed E-state index contributed by atoms with van der Waals surface area (Å²) >= 11 is 9.29. The second-order valence-corrected chi connectivity index (χ2v) is 23.6. The third-order valence-electron chi connectivity index (χ3n) is 14.3. The number of aliphatic imine (C=N–C) groups is 1. The SMILES string of the molecule is CSCC[C@H](NC(=O)[C@@H]1CCCN1C(=O)[C@@H](NC(=O)[C@H](CC(=O)O)NC(=O)[C@H](Cc1ccc(O)cc1)NC(=O)[C@H](Cc1ccc(O)cc1)NC(=O)[C@H](CCC(=O)O)NC(=O)[C@@H](N)CS)C(C)C)C(=O)N[C@@H](C)C(=O)N[C@@H](CCCN=C(N)N)C(=O)N[C@@H](CS)C(=O)O. The Balaban J connectivity index is 1.91. The summed E-state index contributed by atoms with van der Waals surface area (Å²) in [5.74, 6) is -15.1. The number of nitrogens with one attached hydrogen (secondary N) is 9. The Morgan fingerprint density at radius 3 is 1.53 bits per heavy atom. The number of thioether (sulfide) groups is 1. The first-order valence-corrected chi connectivity index (χ1v) is 31.8. The highest BCUT2D eigenvalue weighted by Gasteiger charge is 2.42. The van der Waals surface area contributed by atoms with E-state index in [0.717, 1.165) is 0 Å². The van der Waals surface area contributed by atoms with E-state index >= 15 is 0 Å². The summed E-state index contributed by atoms with van der Waals surface area (Å²) in [6.45, 7) is 4.45. The third kappa shape index (κ3) is 26.3. The molecule has 1 fully saturated rings. The van der Waals surface area contributed by atoms with Crippen molar-refractivity contribution < 1.29 is 87.9 Å². The van der Waals surface area contributed by atoms with Crippen LogP contribution in [-0.4, -0.2) is 216 Å². The van der Waals surface area contributed by atoms with Gasteiger partial charge in [0.1, 0.15) is 71.9 Å². The number of benzene rings is 2. The maximum Gasteiger partial charge on any atom is 0.327 e. The van der Waals surface area contributed by atoms with Crippen molar-refractivity contribution in [1.82, 2.24) is 52.8 Å². The van der Waals surface area contributed by atoms with Crippen LogP contribution in [0, 0.1) is 5.92 Å². The lowest BCUT2D eigenvalue weighted by molar-refractivity contribution is -0.144. The van der Waals surface area contributed by atoms with Crippen LogP contribution in [0.2, 0.25) is 0 Å². The normalized spacial score (nSPS) is 16.0. The molecule has 0 spiro atoms. The molecule has 0 saturated carbocycles. The average molecular weight is 1350 g/mol. The number of aliphatic carboxylic acids is 3. The molecule has 508 valence electrons. The van der Waals surface area contributed by atoms with Crippen LogP contribution in [0.15, 0.2) is 53.5 Å². The predicted molar refractivity (Wildman–Crippen MR) is 342 cm³/mol. The fraction of sp³-hybridized carbons (Fsp3) is 0.544. The van der Waals surface area contributed by atoms with Crippen LogP contribution in [0.1, 0.15) is 83.3 Å². The summed E-state index contributed by atoms with van der Waals surface area (Å²) in [6, 6.07) is -5.35. The Hall–Kier alpha value is -8.57. The number of hydrogen-bond acceptors (Lipinski definition) is 20. The molecule has 1 saturated heterocycles. The fourth-order valence-corrected chi connectivity index (χ4v) is 10.1. The number of hydrogen-bond donors (Lipinski definition) is 19. The second kappa shape index (κ2) is 39.0. The van der Waals surface area contributed by atoms with Gasteiger partial charge in [-0.1, -0.05) is 38.1 Å². The molecule has 0 aliphatic carbocycles. The van der Waals surface area contributed by atoms with Crippen LogP contribution in [0.4, 0.5) is 0 Å². The average Bonchev–Trinajstić information content (AvgIpc) is 1.60. The largest absolute Gasteiger partial charge is 0.508 e. The first kappa shape index (κ1) is 77.7. The van der Waals surface area contributed by atoms with Crippen molar-refractivity contribution in [1.29, 1.82) is 0 Å². The van der Waals surface area contributed by atoms with Crippen LogP contribution >= 0.6 is 37.0 Å². The van der Waals surface area contributed by atoms with Gasteiger partial charge in [-0.25, -0.2) is 4.79 Å². The van der Waals surface area contributed by atoms with E-state index < -0.39 is 175 Å². The summed E-state index contributed by atoms with van der Waals surface area (Å²) < 4.78 is 0. The lowest BCUT2D eigenvalue weighted by Crippen LogP contribution is -2.61. The summed E-state index contributed by atoms with van der Waals surface area (Å²) in [7, 11) is 0. The van der Waals surface area contributed by atoms with Crippen molar-refractivity contribution in [2.24, 2.45) is 28.1 Å². The molecule has 2 aromatic carbocycles. The van der Waals surface area contributed by atoms with Gasteiger partial charge in [0.25, 0.3) is 0 Å². The van der Waals surface area contributed by atoms with Crippen molar-refractivity contribution in [2.45, 2.75) is 151 Å². The molecule has 32 nitrogen and oxygen atoms in total. The molecule has 0 radical (unpaired) electrons. The van der Waals surface area contributed by atoms with Crippen molar-refractivity contribution in [3.05, 3.63) is 59.7 Å². The maximum atomic E-state index is 14.6. The van der Waals surface area contributed by atoms with Gasteiger partial charge in [-0.3, -0.25) is 62.5 Å². The van der Waals surface area contributed by atoms with Gasteiger partial charge in [0.05, 0.1) is 12.5 Å². The van der Waals surface area contributed by atoms with E-state index in [-0.39, 0.29) is 80.6 Å². The standard InChI is InChI=1S/C57H84N14O18S3/c1-28(2)45(55(87)71-21-6-8-42(71)54(86)65-37(19-22-92-4)48(80)62-29(3)46(78)63-35(7-5-20-61-57(59)60)49(81)69-41(27-91)56(88)89)70-53(85)40(25-44(76)77)68-52(84)39(24-31-11-15-33(73)16-12-31)67-51(83)38(23-30-9-13-32(72)14-10-30)66-50(82)36(17-18-43(74)75)64-47(79)34(58)26-90/h9-16,28-29,34-42,45,72-73,90-91H,5-8,17-27,58H2,1-4H3,(H,62,80)(H,63,78)(H,64,79)(H,65,86)(H,66,82)(H,67,83)(H,68,84)(H,69,81)(H,70,85)(H,74,75)(H,76,77)(H,88,89)(H4,59,60,61)/t29-,34-,35-,36-,37-,38-,39-,40-,41-,42-,45-/m0/s1. The van der Waals surface area contributed by atoms with E-state index in [1.54, 1.807) is 20.1 Å². The Labute approximate surface area is 545 Å². The molecule has 0 unspecified atom stereocenters.